The highest BCUT2D eigenvalue weighted by Crippen LogP contribution is 2.68. The van der Waals surface area contributed by atoms with Gasteiger partial charge in [-0.25, -0.2) is 0 Å². The third kappa shape index (κ3) is 4.58. The van der Waals surface area contributed by atoms with Crippen molar-refractivity contribution < 1.29 is 23.9 Å². The molecule has 0 heterocycles. The van der Waals surface area contributed by atoms with E-state index in [1.807, 2.05) is 20.8 Å². The molecule has 4 rings (SSSR count). The van der Waals surface area contributed by atoms with Crippen molar-refractivity contribution in [2.45, 2.75) is 112 Å². The van der Waals surface area contributed by atoms with Gasteiger partial charge in [-0.2, -0.15) is 0 Å². The third-order valence-corrected chi connectivity index (χ3v) is 11.1. The lowest BCUT2D eigenvalue weighted by molar-refractivity contribution is -0.161. The zero-order valence-electron chi connectivity index (χ0n) is 23.4. The van der Waals surface area contributed by atoms with E-state index in [4.69, 9.17) is 9.47 Å². The number of hydrogen-bond donors (Lipinski definition) is 0. The van der Waals surface area contributed by atoms with Crippen LogP contribution in [0.4, 0.5) is 0 Å². The van der Waals surface area contributed by atoms with E-state index in [1.54, 1.807) is 0 Å². The summed E-state index contributed by atoms with van der Waals surface area (Å²) in [6.07, 6.45) is 11.0. The summed E-state index contributed by atoms with van der Waals surface area (Å²) >= 11 is 0. The van der Waals surface area contributed by atoms with Crippen LogP contribution in [0.2, 0.25) is 0 Å². The van der Waals surface area contributed by atoms with Gasteiger partial charge in [-0.1, -0.05) is 33.8 Å². The molecule has 0 radical (unpaired) electrons. The van der Waals surface area contributed by atoms with Crippen LogP contribution in [0.15, 0.2) is 11.6 Å². The molecule has 5 heteroatoms. The van der Waals surface area contributed by atoms with Crippen molar-refractivity contribution in [2.24, 2.45) is 46.3 Å². The van der Waals surface area contributed by atoms with Crippen molar-refractivity contribution in [3.63, 3.8) is 0 Å². The second kappa shape index (κ2) is 10.6. The molecule has 0 aromatic carbocycles. The second-order valence-corrected chi connectivity index (χ2v) is 12.7. The first-order valence-corrected chi connectivity index (χ1v) is 14.7. The maximum atomic E-state index is 14.2. The van der Waals surface area contributed by atoms with E-state index in [1.165, 1.54) is 6.42 Å². The number of allylic oxidation sites excluding steroid dienone is 2. The van der Waals surface area contributed by atoms with Gasteiger partial charge in [0, 0.05) is 18.8 Å². The van der Waals surface area contributed by atoms with Gasteiger partial charge in [-0.3, -0.25) is 14.4 Å². The molecule has 202 valence electrons. The lowest BCUT2D eigenvalue weighted by Crippen LogP contribution is -2.58. The van der Waals surface area contributed by atoms with Crippen LogP contribution in [0.5, 0.6) is 0 Å². The Labute approximate surface area is 218 Å². The molecular formula is C31H48O5. The van der Waals surface area contributed by atoms with Gasteiger partial charge in [0.05, 0.1) is 6.61 Å². The largest absolute Gasteiger partial charge is 0.466 e. The molecule has 4 fully saturated rings. The van der Waals surface area contributed by atoms with Gasteiger partial charge in [-0.05, 0) is 111 Å². The highest BCUT2D eigenvalue weighted by molar-refractivity contribution is 5.99. The Balaban J connectivity index is 1.55. The van der Waals surface area contributed by atoms with E-state index in [9.17, 15) is 14.4 Å². The van der Waals surface area contributed by atoms with Crippen LogP contribution in [0.1, 0.15) is 106 Å². The molecule has 0 amide bonds. The highest BCUT2D eigenvalue weighted by atomic mass is 16.5. The average Bonchev–Trinajstić information content (AvgIpc) is 3.21. The van der Waals surface area contributed by atoms with Gasteiger partial charge in [0.1, 0.15) is 6.10 Å². The van der Waals surface area contributed by atoms with E-state index < -0.39 is 0 Å². The quantitative estimate of drug-likeness (QED) is 0.288. The van der Waals surface area contributed by atoms with Gasteiger partial charge in [0.25, 0.3) is 0 Å². The first-order chi connectivity index (χ1) is 17.1. The number of ether oxygens (including phenoxy) is 2. The summed E-state index contributed by atoms with van der Waals surface area (Å²) in [7, 11) is 0. The minimum absolute atomic E-state index is 0.0696. The molecule has 36 heavy (non-hydrogen) atoms. The van der Waals surface area contributed by atoms with Gasteiger partial charge >= 0.3 is 11.9 Å². The van der Waals surface area contributed by atoms with E-state index >= 15 is 0 Å². The van der Waals surface area contributed by atoms with E-state index in [0.29, 0.717) is 48.9 Å². The third-order valence-electron chi connectivity index (χ3n) is 11.1. The van der Waals surface area contributed by atoms with Gasteiger partial charge in [0.2, 0.25) is 0 Å². The Morgan fingerprint density at radius 3 is 2.39 bits per heavy atom. The average molecular weight is 501 g/mol. The number of fused-ring (bicyclic) bond motifs is 5. The standard InChI is InChI=1S/C31H48O5/c1-7-21-25-18-20(36-26(32)8-2)14-16-31(25,6)24-15-17-30(5)22(11-12-23(30)28(24)29(21)34)19(4)10-13-27(33)35-9-3/h7,19-20,22-25,28H,8-18H2,1-6H3/b21-7-/t19-,20-,22-,23+,24+,25+,28+,30-,31-/m1/s1. The van der Waals surface area contributed by atoms with Gasteiger partial charge in [0.15, 0.2) is 5.78 Å². The van der Waals surface area contributed by atoms with Crippen LogP contribution < -0.4 is 0 Å². The summed E-state index contributed by atoms with van der Waals surface area (Å²) in [6, 6.07) is 0. The molecule has 0 aromatic heterocycles. The van der Waals surface area contributed by atoms with Crippen LogP contribution in [-0.4, -0.2) is 30.4 Å². The van der Waals surface area contributed by atoms with Crippen molar-refractivity contribution in [1.82, 2.24) is 0 Å². The summed E-state index contributed by atoms with van der Waals surface area (Å²) in [4.78, 5) is 38.2. The fourth-order valence-corrected chi connectivity index (χ4v) is 9.31. The zero-order chi connectivity index (χ0) is 26.3. The van der Waals surface area contributed by atoms with Crippen molar-refractivity contribution in [1.29, 1.82) is 0 Å². The number of ketones is 1. The molecule has 4 saturated carbocycles. The summed E-state index contributed by atoms with van der Waals surface area (Å²) in [5, 5.41) is 0. The van der Waals surface area contributed by atoms with Crippen LogP contribution in [0, 0.1) is 46.3 Å². The summed E-state index contributed by atoms with van der Waals surface area (Å²) < 4.78 is 10.9. The van der Waals surface area contributed by atoms with Gasteiger partial charge in [-0.15, -0.1) is 0 Å². The summed E-state index contributed by atoms with van der Waals surface area (Å²) in [5.41, 5.74) is 1.24. The zero-order valence-corrected chi connectivity index (χ0v) is 23.4. The van der Waals surface area contributed by atoms with E-state index in [-0.39, 0.29) is 40.7 Å². The smallest absolute Gasteiger partial charge is 0.305 e. The number of esters is 2. The number of carbonyl (C=O) groups is 3. The number of rotatable bonds is 7. The van der Waals surface area contributed by atoms with Crippen LogP contribution in [0.3, 0.4) is 0 Å². The van der Waals surface area contributed by atoms with Crippen molar-refractivity contribution >= 4 is 17.7 Å². The molecule has 0 aromatic rings. The fourth-order valence-electron chi connectivity index (χ4n) is 9.31. The molecule has 0 saturated heterocycles. The predicted molar refractivity (Wildman–Crippen MR) is 140 cm³/mol. The van der Waals surface area contributed by atoms with Crippen molar-refractivity contribution in [2.75, 3.05) is 6.61 Å². The Bertz CT molecular complexity index is 891. The van der Waals surface area contributed by atoms with Crippen LogP contribution in [0.25, 0.3) is 0 Å². The lowest BCUT2D eigenvalue weighted by atomic mass is 9.43. The SMILES string of the molecule is C/C=C1\C(=O)[C@@H]2[C@H](CC[C@]3(C)[C@@H]([C@H](C)CCC(=O)OCC)CC[C@@H]23)[C@@]2(C)CC[C@@H](OC(=O)CC)C[C@@H]12. The van der Waals surface area contributed by atoms with E-state index in [2.05, 4.69) is 26.8 Å². The molecule has 0 unspecified atom stereocenters. The van der Waals surface area contributed by atoms with Crippen LogP contribution in [-0.2, 0) is 23.9 Å². The Kier molecular flexibility index (Phi) is 8.07. The normalized spacial score (nSPS) is 41.7. The Morgan fingerprint density at radius 1 is 1.03 bits per heavy atom. The molecule has 0 bridgehead atoms. The van der Waals surface area contributed by atoms with Crippen molar-refractivity contribution in [3.05, 3.63) is 11.6 Å². The molecule has 0 aliphatic heterocycles. The van der Waals surface area contributed by atoms with E-state index in [0.717, 1.165) is 50.5 Å². The minimum atomic E-state index is -0.131. The number of Topliss-reactive ketones (excluding diaryl/α,β-unsaturated/α-hetero) is 1. The summed E-state index contributed by atoms with van der Waals surface area (Å²) in [6.45, 7) is 13.3. The molecule has 4 aliphatic rings. The maximum Gasteiger partial charge on any atom is 0.305 e. The Hall–Kier alpha value is -1.65. The first-order valence-electron chi connectivity index (χ1n) is 14.7. The number of hydrogen-bond acceptors (Lipinski definition) is 5. The molecule has 0 spiro atoms. The minimum Gasteiger partial charge on any atom is -0.466 e. The molecule has 9 atom stereocenters. The first kappa shape index (κ1) is 27.4. The summed E-state index contributed by atoms with van der Waals surface area (Å²) in [5.74, 6) is 2.28. The highest BCUT2D eigenvalue weighted by Gasteiger charge is 2.64. The lowest BCUT2D eigenvalue weighted by Gasteiger charge is -2.61. The predicted octanol–water partition coefficient (Wildman–Crippen LogP) is 6.68. The second-order valence-electron chi connectivity index (χ2n) is 12.7. The molecular weight excluding hydrogens is 452 g/mol. The molecule has 4 aliphatic carbocycles. The topological polar surface area (TPSA) is 69.7 Å². The molecule has 5 nitrogen and oxygen atoms in total. The molecule has 0 N–H and O–H groups in total. The van der Waals surface area contributed by atoms with Crippen LogP contribution >= 0.6 is 0 Å². The Morgan fingerprint density at radius 2 is 1.72 bits per heavy atom. The van der Waals surface area contributed by atoms with Gasteiger partial charge < -0.3 is 9.47 Å². The monoisotopic (exact) mass is 500 g/mol. The number of carbonyl (C=O) groups excluding carboxylic acids is 3. The van der Waals surface area contributed by atoms with Crippen molar-refractivity contribution in [3.8, 4) is 0 Å². The maximum absolute atomic E-state index is 14.2. The fraction of sp³-hybridized carbons (Fsp3) is 0.839.